The maximum atomic E-state index is 12.8. The number of likely N-dealkylation sites (tertiary alicyclic amines) is 1. The molecule has 2 unspecified atom stereocenters. The van der Waals surface area contributed by atoms with Crippen LogP contribution in [0.15, 0.2) is 24.3 Å². The van der Waals surface area contributed by atoms with Gasteiger partial charge >= 0.3 is 0 Å². The minimum Gasteiger partial charge on any atom is -0.497 e. The van der Waals surface area contributed by atoms with Gasteiger partial charge in [-0.05, 0) is 49.9 Å². The second-order valence-corrected chi connectivity index (χ2v) is 6.01. The molecule has 1 aromatic carbocycles. The number of hydrogen-bond acceptors (Lipinski definition) is 3. The van der Waals surface area contributed by atoms with Crippen molar-refractivity contribution in [2.24, 2.45) is 5.92 Å². The molecule has 1 aromatic rings. The first-order valence-electron chi connectivity index (χ1n) is 7.95. The lowest BCUT2D eigenvalue weighted by atomic mass is 9.96. The SMILES string of the molecule is COc1ccc(C2CCCN2C(=O)C2CCCNC2)cc1. The Bertz CT molecular complexity index is 480. The smallest absolute Gasteiger partial charge is 0.227 e. The van der Waals surface area contributed by atoms with E-state index in [2.05, 4.69) is 22.3 Å². The molecule has 114 valence electrons. The van der Waals surface area contributed by atoms with Crippen LogP contribution >= 0.6 is 0 Å². The summed E-state index contributed by atoms with van der Waals surface area (Å²) < 4.78 is 5.21. The van der Waals surface area contributed by atoms with Gasteiger partial charge in [-0.25, -0.2) is 0 Å². The predicted octanol–water partition coefficient (Wildman–Crippen LogP) is 2.36. The molecule has 21 heavy (non-hydrogen) atoms. The zero-order valence-corrected chi connectivity index (χ0v) is 12.7. The van der Waals surface area contributed by atoms with Crippen LogP contribution in [-0.4, -0.2) is 37.6 Å². The summed E-state index contributed by atoms with van der Waals surface area (Å²) in [5.74, 6) is 1.37. The first-order chi connectivity index (χ1) is 10.3. The van der Waals surface area contributed by atoms with Crippen LogP contribution in [0, 0.1) is 5.92 Å². The number of carbonyl (C=O) groups is 1. The maximum Gasteiger partial charge on any atom is 0.227 e. The minimum absolute atomic E-state index is 0.164. The summed E-state index contributed by atoms with van der Waals surface area (Å²) in [5, 5.41) is 3.34. The molecule has 4 heteroatoms. The molecule has 0 aliphatic carbocycles. The second kappa shape index (κ2) is 6.48. The van der Waals surface area contributed by atoms with Crippen LogP contribution in [0.5, 0.6) is 5.75 Å². The number of carbonyl (C=O) groups excluding carboxylic acids is 1. The summed E-state index contributed by atoms with van der Waals surface area (Å²) in [4.78, 5) is 14.9. The van der Waals surface area contributed by atoms with Gasteiger partial charge in [-0.15, -0.1) is 0 Å². The Labute approximate surface area is 126 Å². The third-order valence-corrected chi connectivity index (χ3v) is 4.68. The largest absolute Gasteiger partial charge is 0.497 e. The number of rotatable bonds is 3. The summed E-state index contributed by atoms with van der Waals surface area (Å²) in [6.45, 7) is 2.78. The Kier molecular flexibility index (Phi) is 4.44. The van der Waals surface area contributed by atoms with Gasteiger partial charge in [-0.3, -0.25) is 4.79 Å². The highest BCUT2D eigenvalue weighted by molar-refractivity contribution is 5.80. The number of piperidine rings is 1. The summed E-state index contributed by atoms with van der Waals surface area (Å²) in [6, 6.07) is 8.39. The van der Waals surface area contributed by atoms with Crippen LogP contribution < -0.4 is 10.1 Å². The number of methoxy groups -OCH3 is 1. The molecular weight excluding hydrogens is 264 g/mol. The topological polar surface area (TPSA) is 41.6 Å². The number of benzene rings is 1. The molecule has 1 N–H and O–H groups in total. The zero-order valence-electron chi connectivity index (χ0n) is 12.7. The molecule has 0 bridgehead atoms. The molecule has 2 saturated heterocycles. The standard InChI is InChI=1S/C17H24N2O2/c1-21-15-8-6-13(7-9-15)16-5-3-11-19(16)17(20)14-4-2-10-18-12-14/h6-9,14,16,18H,2-5,10-12H2,1H3. The van der Waals surface area contributed by atoms with Crippen LogP contribution in [0.4, 0.5) is 0 Å². The highest BCUT2D eigenvalue weighted by Gasteiger charge is 2.34. The van der Waals surface area contributed by atoms with Gasteiger partial charge in [0.25, 0.3) is 0 Å². The van der Waals surface area contributed by atoms with Gasteiger partial charge in [-0.1, -0.05) is 12.1 Å². The molecule has 0 aromatic heterocycles. The number of hydrogen-bond donors (Lipinski definition) is 1. The van der Waals surface area contributed by atoms with Gasteiger partial charge in [0.15, 0.2) is 0 Å². The molecule has 2 atom stereocenters. The molecule has 2 fully saturated rings. The van der Waals surface area contributed by atoms with Crippen molar-refractivity contribution in [3.8, 4) is 5.75 Å². The van der Waals surface area contributed by atoms with E-state index in [1.54, 1.807) is 7.11 Å². The molecule has 0 saturated carbocycles. The van der Waals surface area contributed by atoms with Gasteiger partial charge in [0.2, 0.25) is 5.91 Å². The Morgan fingerprint density at radius 1 is 1.24 bits per heavy atom. The first-order valence-corrected chi connectivity index (χ1v) is 7.95. The Balaban J connectivity index is 1.73. The van der Waals surface area contributed by atoms with Crippen LogP contribution in [0.25, 0.3) is 0 Å². The summed E-state index contributed by atoms with van der Waals surface area (Å²) in [6.07, 6.45) is 4.30. The van der Waals surface area contributed by atoms with Crippen LogP contribution in [-0.2, 0) is 4.79 Å². The third kappa shape index (κ3) is 3.05. The Hall–Kier alpha value is -1.55. The summed E-state index contributed by atoms with van der Waals surface area (Å²) >= 11 is 0. The average molecular weight is 288 g/mol. The summed E-state index contributed by atoms with van der Waals surface area (Å²) in [7, 11) is 1.68. The molecule has 2 aliphatic heterocycles. The monoisotopic (exact) mass is 288 g/mol. The Morgan fingerprint density at radius 3 is 2.71 bits per heavy atom. The van der Waals surface area contributed by atoms with E-state index in [1.807, 2.05) is 12.1 Å². The average Bonchev–Trinajstić information content (AvgIpc) is 3.04. The maximum absolute atomic E-state index is 12.8. The fraction of sp³-hybridized carbons (Fsp3) is 0.588. The Morgan fingerprint density at radius 2 is 2.05 bits per heavy atom. The number of nitrogens with one attached hydrogen (secondary N) is 1. The van der Waals surface area contributed by atoms with E-state index in [0.29, 0.717) is 5.91 Å². The van der Waals surface area contributed by atoms with Crippen molar-refractivity contribution >= 4 is 5.91 Å². The van der Waals surface area contributed by atoms with Crippen molar-refractivity contribution in [2.45, 2.75) is 31.7 Å². The second-order valence-electron chi connectivity index (χ2n) is 6.01. The van der Waals surface area contributed by atoms with Gasteiger partial charge in [0.1, 0.15) is 5.75 Å². The van der Waals surface area contributed by atoms with Gasteiger partial charge in [0.05, 0.1) is 19.1 Å². The number of nitrogens with zero attached hydrogens (tertiary/aromatic N) is 1. The third-order valence-electron chi connectivity index (χ3n) is 4.68. The lowest BCUT2D eigenvalue weighted by Crippen LogP contribution is -2.42. The van der Waals surface area contributed by atoms with E-state index < -0.39 is 0 Å². The highest BCUT2D eigenvalue weighted by Crippen LogP contribution is 2.34. The van der Waals surface area contributed by atoms with Crippen LogP contribution in [0.3, 0.4) is 0 Å². The lowest BCUT2D eigenvalue weighted by Gasteiger charge is -2.31. The molecule has 0 spiro atoms. The van der Waals surface area contributed by atoms with Crippen molar-refractivity contribution in [1.82, 2.24) is 10.2 Å². The van der Waals surface area contributed by atoms with Crippen LogP contribution in [0.1, 0.15) is 37.3 Å². The molecule has 1 amide bonds. The van der Waals surface area contributed by atoms with E-state index in [4.69, 9.17) is 4.74 Å². The molecule has 2 aliphatic rings. The fourth-order valence-electron chi connectivity index (χ4n) is 3.50. The molecule has 3 rings (SSSR count). The summed E-state index contributed by atoms with van der Waals surface area (Å²) in [5.41, 5.74) is 1.23. The van der Waals surface area contributed by atoms with Gasteiger partial charge in [-0.2, -0.15) is 0 Å². The molecule has 2 heterocycles. The molecule has 0 radical (unpaired) electrons. The fourth-order valence-corrected chi connectivity index (χ4v) is 3.50. The van der Waals surface area contributed by atoms with Gasteiger partial charge < -0.3 is 15.0 Å². The van der Waals surface area contributed by atoms with E-state index in [9.17, 15) is 4.79 Å². The normalized spacial score (nSPS) is 25.9. The van der Waals surface area contributed by atoms with Crippen molar-refractivity contribution in [1.29, 1.82) is 0 Å². The van der Waals surface area contributed by atoms with Gasteiger partial charge in [0, 0.05) is 13.1 Å². The first kappa shape index (κ1) is 14.4. The van der Waals surface area contributed by atoms with E-state index in [0.717, 1.165) is 51.1 Å². The van der Waals surface area contributed by atoms with E-state index >= 15 is 0 Å². The molecular formula is C17H24N2O2. The number of amides is 1. The van der Waals surface area contributed by atoms with E-state index in [-0.39, 0.29) is 12.0 Å². The molecule has 4 nitrogen and oxygen atoms in total. The number of ether oxygens (including phenoxy) is 1. The van der Waals surface area contributed by atoms with E-state index in [1.165, 1.54) is 5.56 Å². The zero-order chi connectivity index (χ0) is 14.7. The quantitative estimate of drug-likeness (QED) is 0.928. The lowest BCUT2D eigenvalue weighted by molar-refractivity contribution is -0.137. The van der Waals surface area contributed by atoms with Crippen molar-refractivity contribution < 1.29 is 9.53 Å². The minimum atomic E-state index is 0.164. The predicted molar refractivity (Wildman–Crippen MR) is 82.3 cm³/mol. The van der Waals surface area contributed by atoms with Crippen molar-refractivity contribution in [3.63, 3.8) is 0 Å². The van der Waals surface area contributed by atoms with Crippen LogP contribution in [0.2, 0.25) is 0 Å². The van der Waals surface area contributed by atoms with Crippen molar-refractivity contribution in [3.05, 3.63) is 29.8 Å². The highest BCUT2D eigenvalue weighted by atomic mass is 16.5. The van der Waals surface area contributed by atoms with Crippen molar-refractivity contribution in [2.75, 3.05) is 26.7 Å².